The summed E-state index contributed by atoms with van der Waals surface area (Å²) >= 11 is 0. The first kappa shape index (κ1) is 13.2. The molecule has 1 aromatic heterocycles. The molecular weight excluding hydrogens is 200 g/mol. The molecule has 4 nitrogen and oxygen atoms in total. The molecular formula is C12H24N4. The van der Waals surface area contributed by atoms with Gasteiger partial charge in [0.15, 0.2) is 5.82 Å². The van der Waals surface area contributed by atoms with Crippen LogP contribution in [-0.4, -0.2) is 21.2 Å². The molecule has 0 spiro atoms. The first-order valence-electron chi connectivity index (χ1n) is 6.28. The molecule has 4 heteroatoms. The second kappa shape index (κ2) is 6.63. The van der Waals surface area contributed by atoms with Crippen LogP contribution in [0.1, 0.15) is 51.7 Å². The Bertz CT molecular complexity index is 295. The minimum absolute atomic E-state index is 0.568. The lowest BCUT2D eigenvalue weighted by Crippen LogP contribution is -2.34. The molecule has 16 heavy (non-hydrogen) atoms. The van der Waals surface area contributed by atoms with Gasteiger partial charge in [-0.3, -0.25) is 5.10 Å². The number of nitrogens with one attached hydrogen (secondary N) is 2. The molecule has 2 N–H and O–H groups in total. The molecule has 1 heterocycles. The average Bonchev–Trinajstić information content (AvgIpc) is 2.65. The van der Waals surface area contributed by atoms with Crippen LogP contribution >= 0.6 is 0 Å². The van der Waals surface area contributed by atoms with Crippen molar-refractivity contribution in [2.24, 2.45) is 5.92 Å². The molecule has 0 saturated carbocycles. The van der Waals surface area contributed by atoms with Crippen LogP contribution in [-0.2, 0) is 6.54 Å². The van der Waals surface area contributed by atoms with E-state index in [1.54, 1.807) is 0 Å². The molecule has 1 rings (SSSR count). The van der Waals surface area contributed by atoms with Gasteiger partial charge in [-0.05, 0) is 25.7 Å². The van der Waals surface area contributed by atoms with Crippen molar-refractivity contribution in [2.75, 3.05) is 0 Å². The lowest BCUT2D eigenvalue weighted by Gasteiger charge is -2.23. The quantitative estimate of drug-likeness (QED) is 0.748. The number of nitrogens with zero attached hydrogens (tertiary/aromatic N) is 2. The van der Waals surface area contributed by atoms with E-state index in [4.69, 9.17) is 0 Å². The number of H-pyrrole nitrogens is 1. The molecule has 0 radical (unpaired) electrons. The van der Waals surface area contributed by atoms with Crippen molar-refractivity contribution in [3.8, 4) is 0 Å². The highest BCUT2D eigenvalue weighted by Crippen LogP contribution is 2.13. The third kappa shape index (κ3) is 3.93. The number of rotatable bonds is 7. The lowest BCUT2D eigenvalue weighted by atomic mass is 9.95. The number of aryl methyl sites for hydroxylation is 1. The maximum absolute atomic E-state index is 4.29. The Labute approximate surface area is 98.2 Å². The Hall–Kier alpha value is -0.900. The van der Waals surface area contributed by atoms with Gasteiger partial charge in [0.05, 0.1) is 6.54 Å². The third-order valence-electron chi connectivity index (χ3n) is 3.04. The zero-order valence-electron chi connectivity index (χ0n) is 10.9. The van der Waals surface area contributed by atoms with E-state index in [1.807, 2.05) is 6.92 Å². The molecule has 0 aliphatic rings. The third-order valence-corrected chi connectivity index (χ3v) is 3.04. The van der Waals surface area contributed by atoms with Crippen molar-refractivity contribution < 1.29 is 0 Å². The van der Waals surface area contributed by atoms with E-state index < -0.39 is 0 Å². The van der Waals surface area contributed by atoms with Crippen LogP contribution in [0.5, 0.6) is 0 Å². The van der Waals surface area contributed by atoms with Gasteiger partial charge in [0.1, 0.15) is 5.82 Å². The summed E-state index contributed by atoms with van der Waals surface area (Å²) in [6.07, 6.45) is 3.68. The molecule has 0 aliphatic heterocycles. The molecule has 0 saturated heterocycles. The summed E-state index contributed by atoms with van der Waals surface area (Å²) in [5.41, 5.74) is 0. The van der Waals surface area contributed by atoms with Gasteiger partial charge < -0.3 is 5.32 Å². The highest BCUT2D eigenvalue weighted by Gasteiger charge is 2.14. The van der Waals surface area contributed by atoms with E-state index in [-0.39, 0.29) is 0 Å². The van der Waals surface area contributed by atoms with Gasteiger partial charge in [0, 0.05) is 6.04 Å². The second-order valence-corrected chi connectivity index (χ2v) is 4.50. The molecule has 0 amide bonds. The second-order valence-electron chi connectivity index (χ2n) is 4.50. The first-order chi connectivity index (χ1) is 7.67. The van der Waals surface area contributed by atoms with Crippen molar-refractivity contribution in [3.63, 3.8) is 0 Å². The summed E-state index contributed by atoms with van der Waals surface area (Å²) in [7, 11) is 0. The Balaban J connectivity index is 2.39. The maximum Gasteiger partial charge on any atom is 0.164 e. The summed E-state index contributed by atoms with van der Waals surface area (Å²) in [6.45, 7) is 9.47. The SMILES string of the molecule is CCCC(C)C(CC)NCc1n[nH]c(C)n1. The first-order valence-corrected chi connectivity index (χ1v) is 6.28. The van der Waals surface area contributed by atoms with Gasteiger partial charge in [0.2, 0.25) is 0 Å². The molecule has 1 aromatic rings. The fraction of sp³-hybridized carbons (Fsp3) is 0.833. The Morgan fingerprint density at radius 3 is 2.62 bits per heavy atom. The summed E-state index contributed by atoms with van der Waals surface area (Å²) in [5, 5.41) is 10.5. The van der Waals surface area contributed by atoms with Crippen LogP contribution in [0.3, 0.4) is 0 Å². The summed E-state index contributed by atoms with van der Waals surface area (Å²) in [6, 6.07) is 0.568. The van der Waals surface area contributed by atoms with Crippen molar-refractivity contribution in [1.82, 2.24) is 20.5 Å². The molecule has 0 fully saturated rings. The van der Waals surface area contributed by atoms with E-state index in [1.165, 1.54) is 12.8 Å². The highest BCUT2D eigenvalue weighted by molar-refractivity contribution is 4.88. The fourth-order valence-electron chi connectivity index (χ4n) is 2.09. The van der Waals surface area contributed by atoms with E-state index >= 15 is 0 Å². The summed E-state index contributed by atoms with van der Waals surface area (Å²) in [5.74, 6) is 2.46. The van der Waals surface area contributed by atoms with Crippen LogP contribution in [0.25, 0.3) is 0 Å². The van der Waals surface area contributed by atoms with Gasteiger partial charge in [-0.2, -0.15) is 5.10 Å². The number of hydrogen-bond donors (Lipinski definition) is 2. The number of aromatic amines is 1. The Morgan fingerprint density at radius 2 is 2.12 bits per heavy atom. The van der Waals surface area contributed by atoms with E-state index in [0.29, 0.717) is 6.04 Å². The number of hydrogen-bond acceptors (Lipinski definition) is 3. The molecule has 0 bridgehead atoms. The predicted octanol–water partition coefficient (Wildman–Crippen LogP) is 2.42. The van der Waals surface area contributed by atoms with Crippen molar-refractivity contribution >= 4 is 0 Å². The Morgan fingerprint density at radius 1 is 1.38 bits per heavy atom. The van der Waals surface area contributed by atoms with Crippen LogP contribution in [0.4, 0.5) is 0 Å². The molecule has 0 aromatic carbocycles. The summed E-state index contributed by atoms with van der Waals surface area (Å²) in [4.78, 5) is 4.29. The average molecular weight is 224 g/mol. The molecule has 2 atom stereocenters. The maximum atomic E-state index is 4.29. The summed E-state index contributed by atoms with van der Waals surface area (Å²) < 4.78 is 0. The molecule has 2 unspecified atom stereocenters. The van der Waals surface area contributed by atoms with Crippen LogP contribution in [0, 0.1) is 12.8 Å². The fourth-order valence-corrected chi connectivity index (χ4v) is 2.09. The highest BCUT2D eigenvalue weighted by atomic mass is 15.2. The van der Waals surface area contributed by atoms with E-state index in [2.05, 4.69) is 41.3 Å². The number of aromatic nitrogens is 3. The van der Waals surface area contributed by atoms with Crippen molar-refractivity contribution in [2.45, 2.75) is 59.5 Å². The zero-order valence-corrected chi connectivity index (χ0v) is 10.9. The molecule has 0 aliphatic carbocycles. The van der Waals surface area contributed by atoms with Gasteiger partial charge in [-0.1, -0.05) is 27.2 Å². The minimum Gasteiger partial charge on any atom is -0.307 e. The van der Waals surface area contributed by atoms with E-state index in [9.17, 15) is 0 Å². The lowest BCUT2D eigenvalue weighted by molar-refractivity contribution is 0.341. The van der Waals surface area contributed by atoms with Crippen molar-refractivity contribution in [1.29, 1.82) is 0 Å². The van der Waals surface area contributed by atoms with Gasteiger partial charge >= 0.3 is 0 Å². The minimum atomic E-state index is 0.568. The topological polar surface area (TPSA) is 53.6 Å². The largest absolute Gasteiger partial charge is 0.307 e. The molecule has 92 valence electrons. The monoisotopic (exact) mass is 224 g/mol. The zero-order chi connectivity index (χ0) is 12.0. The van der Waals surface area contributed by atoms with Crippen LogP contribution in [0.2, 0.25) is 0 Å². The van der Waals surface area contributed by atoms with Gasteiger partial charge in [-0.15, -0.1) is 0 Å². The van der Waals surface area contributed by atoms with Crippen LogP contribution in [0.15, 0.2) is 0 Å². The van der Waals surface area contributed by atoms with E-state index in [0.717, 1.165) is 30.5 Å². The van der Waals surface area contributed by atoms with Crippen molar-refractivity contribution in [3.05, 3.63) is 11.6 Å². The van der Waals surface area contributed by atoms with Gasteiger partial charge in [0.25, 0.3) is 0 Å². The smallest absolute Gasteiger partial charge is 0.164 e. The van der Waals surface area contributed by atoms with Crippen LogP contribution < -0.4 is 5.32 Å². The van der Waals surface area contributed by atoms with Gasteiger partial charge in [-0.25, -0.2) is 4.98 Å². The predicted molar refractivity (Wildman–Crippen MR) is 66.1 cm³/mol. The Kier molecular flexibility index (Phi) is 5.46. The normalized spacial score (nSPS) is 15.0. The standard InChI is InChI=1S/C12H24N4/c1-5-7-9(3)11(6-2)13-8-12-14-10(4)15-16-12/h9,11,13H,5-8H2,1-4H3,(H,14,15,16).